The topological polar surface area (TPSA) is 72.4 Å². The third-order valence-corrected chi connectivity index (χ3v) is 2.50. The number of rotatable bonds is 5. The van der Waals surface area contributed by atoms with Crippen molar-refractivity contribution in [3.05, 3.63) is 24.3 Å². The van der Waals surface area contributed by atoms with Crippen molar-refractivity contribution >= 4 is 11.9 Å². The van der Waals surface area contributed by atoms with Crippen LogP contribution in [-0.2, 0) is 0 Å². The maximum absolute atomic E-state index is 5.68. The van der Waals surface area contributed by atoms with Crippen molar-refractivity contribution < 1.29 is 9.47 Å². The lowest BCUT2D eigenvalue weighted by Gasteiger charge is -2.13. The fraction of sp³-hybridized carbons (Fsp3) is 0.308. The molecule has 7 nitrogen and oxygen atoms in total. The van der Waals surface area contributed by atoms with Crippen LogP contribution in [0.5, 0.6) is 17.5 Å². The zero-order valence-electron chi connectivity index (χ0n) is 11.9. The molecule has 0 aliphatic rings. The molecule has 0 spiro atoms. The number of aromatic nitrogens is 3. The lowest BCUT2D eigenvalue weighted by atomic mass is 10.3. The zero-order chi connectivity index (χ0) is 14.5. The van der Waals surface area contributed by atoms with Crippen molar-refractivity contribution in [1.29, 1.82) is 0 Å². The van der Waals surface area contributed by atoms with Gasteiger partial charge in [0.2, 0.25) is 11.9 Å². The van der Waals surface area contributed by atoms with Crippen LogP contribution in [0.15, 0.2) is 24.3 Å². The van der Waals surface area contributed by atoms with Crippen LogP contribution in [0.1, 0.15) is 0 Å². The van der Waals surface area contributed by atoms with Gasteiger partial charge < -0.3 is 19.7 Å². The summed E-state index contributed by atoms with van der Waals surface area (Å²) >= 11 is 0. The number of methoxy groups -OCH3 is 1. The molecule has 0 amide bonds. The summed E-state index contributed by atoms with van der Waals surface area (Å²) in [5.74, 6) is 2.11. The minimum absolute atomic E-state index is 0.206. The standard InChI is InChI=1S/C13H17N5O2/c1-14-11-15-12(18(2)3)17-13(16-11)20-10-8-6-5-7-9(10)19-4/h5-8H,1-4H3,(H,14,15,16,17). The van der Waals surface area contributed by atoms with Gasteiger partial charge in [0.05, 0.1) is 7.11 Å². The van der Waals surface area contributed by atoms with E-state index < -0.39 is 0 Å². The molecular weight excluding hydrogens is 258 g/mol. The molecule has 0 aliphatic heterocycles. The van der Waals surface area contributed by atoms with E-state index in [4.69, 9.17) is 9.47 Å². The van der Waals surface area contributed by atoms with Crippen LogP contribution >= 0.6 is 0 Å². The molecule has 2 rings (SSSR count). The van der Waals surface area contributed by atoms with Gasteiger partial charge in [-0.1, -0.05) is 12.1 Å². The van der Waals surface area contributed by atoms with E-state index in [0.717, 1.165) is 0 Å². The molecule has 1 heterocycles. The predicted molar refractivity (Wildman–Crippen MR) is 76.8 cm³/mol. The highest BCUT2D eigenvalue weighted by atomic mass is 16.5. The van der Waals surface area contributed by atoms with E-state index in [9.17, 15) is 0 Å². The van der Waals surface area contributed by atoms with Gasteiger partial charge in [0, 0.05) is 21.1 Å². The van der Waals surface area contributed by atoms with Gasteiger partial charge in [-0.2, -0.15) is 15.0 Å². The van der Waals surface area contributed by atoms with Crippen molar-refractivity contribution in [2.75, 3.05) is 38.5 Å². The Bertz CT molecular complexity index is 589. The Morgan fingerprint density at radius 1 is 1.05 bits per heavy atom. The van der Waals surface area contributed by atoms with E-state index in [2.05, 4.69) is 20.3 Å². The molecule has 0 atom stereocenters. The molecule has 0 saturated heterocycles. The quantitative estimate of drug-likeness (QED) is 0.891. The second kappa shape index (κ2) is 6.05. The Morgan fingerprint density at radius 3 is 2.35 bits per heavy atom. The molecule has 0 unspecified atom stereocenters. The summed E-state index contributed by atoms with van der Waals surface area (Å²) in [4.78, 5) is 14.4. The second-order valence-electron chi connectivity index (χ2n) is 4.14. The monoisotopic (exact) mass is 275 g/mol. The molecule has 106 valence electrons. The van der Waals surface area contributed by atoms with Gasteiger partial charge in [-0.25, -0.2) is 0 Å². The van der Waals surface area contributed by atoms with Crippen LogP contribution in [0.2, 0.25) is 0 Å². The second-order valence-corrected chi connectivity index (χ2v) is 4.14. The van der Waals surface area contributed by atoms with Gasteiger partial charge in [0.1, 0.15) is 0 Å². The molecule has 7 heteroatoms. The maximum Gasteiger partial charge on any atom is 0.328 e. The van der Waals surface area contributed by atoms with Crippen molar-refractivity contribution in [2.45, 2.75) is 0 Å². The number of anilines is 2. The molecule has 20 heavy (non-hydrogen) atoms. The predicted octanol–water partition coefficient (Wildman–Crippen LogP) is 1.78. The summed E-state index contributed by atoms with van der Waals surface area (Å²) < 4.78 is 10.9. The molecule has 0 bridgehead atoms. The summed E-state index contributed by atoms with van der Waals surface area (Å²) in [6.07, 6.45) is 0. The molecule has 1 aromatic heterocycles. The van der Waals surface area contributed by atoms with Crippen LogP contribution in [0.4, 0.5) is 11.9 Å². The first-order valence-corrected chi connectivity index (χ1v) is 6.06. The average molecular weight is 275 g/mol. The average Bonchev–Trinajstić information content (AvgIpc) is 2.47. The number of ether oxygens (including phenoxy) is 2. The van der Waals surface area contributed by atoms with Crippen LogP contribution in [0.25, 0.3) is 0 Å². The van der Waals surface area contributed by atoms with E-state index in [0.29, 0.717) is 23.4 Å². The Hall–Kier alpha value is -2.57. The molecule has 0 aliphatic carbocycles. The van der Waals surface area contributed by atoms with E-state index in [1.54, 1.807) is 25.1 Å². The maximum atomic E-state index is 5.68. The number of para-hydroxylation sites is 2. The Morgan fingerprint density at radius 2 is 1.75 bits per heavy atom. The fourth-order valence-corrected chi connectivity index (χ4v) is 1.50. The van der Waals surface area contributed by atoms with Crippen molar-refractivity contribution in [2.24, 2.45) is 0 Å². The first-order valence-electron chi connectivity index (χ1n) is 6.06. The highest BCUT2D eigenvalue weighted by Gasteiger charge is 2.11. The smallest absolute Gasteiger partial charge is 0.328 e. The van der Waals surface area contributed by atoms with Gasteiger partial charge in [0.25, 0.3) is 0 Å². The Labute approximate surface area is 117 Å². The number of benzene rings is 1. The third kappa shape index (κ3) is 3.05. The van der Waals surface area contributed by atoms with Gasteiger partial charge in [-0.15, -0.1) is 0 Å². The van der Waals surface area contributed by atoms with Crippen LogP contribution < -0.4 is 19.7 Å². The molecule has 0 saturated carbocycles. The number of hydrogen-bond acceptors (Lipinski definition) is 7. The molecule has 2 aromatic rings. The summed E-state index contributed by atoms with van der Waals surface area (Å²) in [5, 5.41) is 2.88. The molecule has 0 radical (unpaired) electrons. The fourth-order valence-electron chi connectivity index (χ4n) is 1.50. The normalized spacial score (nSPS) is 10.0. The van der Waals surface area contributed by atoms with E-state index >= 15 is 0 Å². The molecule has 1 aromatic carbocycles. The SMILES string of the molecule is CNc1nc(Oc2ccccc2OC)nc(N(C)C)n1. The number of nitrogens with one attached hydrogen (secondary N) is 1. The zero-order valence-corrected chi connectivity index (χ0v) is 11.9. The number of nitrogens with zero attached hydrogens (tertiary/aromatic N) is 4. The highest BCUT2D eigenvalue weighted by Crippen LogP contribution is 2.29. The van der Waals surface area contributed by atoms with Crippen molar-refractivity contribution in [3.63, 3.8) is 0 Å². The highest BCUT2D eigenvalue weighted by molar-refractivity contribution is 5.42. The first kappa shape index (κ1) is 13.9. The van der Waals surface area contributed by atoms with Crippen LogP contribution in [0, 0.1) is 0 Å². The summed E-state index contributed by atoms with van der Waals surface area (Å²) in [6, 6.07) is 7.52. The minimum atomic E-state index is 0.206. The van der Waals surface area contributed by atoms with Gasteiger partial charge >= 0.3 is 6.01 Å². The van der Waals surface area contributed by atoms with E-state index in [1.807, 2.05) is 32.3 Å². The molecule has 1 N–H and O–H groups in total. The summed E-state index contributed by atoms with van der Waals surface area (Å²) in [5.41, 5.74) is 0. The van der Waals surface area contributed by atoms with Gasteiger partial charge in [-0.05, 0) is 12.1 Å². The van der Waals surface area contributed by atoms with E-state index in [1.165, 1.54) is 0 Å². The van der Waals surface area contributed by atoms with Gasteiger partial charge in [-0.3, -0.25) is 0 Å². The molecule has 0 fully saturated rings. The largest absolute Gasteiger partial charge is 0.493 e. The summed E-state index contributed by atoms with van der Waals surface area (Å²) in [6.45, 7) is 0. The van der Waals surface area contributed by atoms with Crippen LogP contribution in [0.3, 0.4) is 0 Å². The third-order valence-electron chi connectivity index (χ3n) is 2.50. The van der Waals surface area contributed by atoms with Crippen LogP contribution in [-0.4, -0.2) is 43.2 Å². The van der Waals surface area contributed by atoms with Gasteiger partial charge in [0.15, 0.2) is 11.5 Å². The minimum Gasteiger partial charge on any atom is -0.493 e. The van der Waals surface area contributed by atoms with Crippen molar-refractivity contribution in [1.82, 2.24) is 15.0 Å². The molecular formula is C13H17N5O2. The van der Waals surface area contributed by atoms with E-state index in [-0.39, 0.29) is 6.01 Å². The van der Waals surface area contributed by atoms with Crippen molar-refractivity contribution in [3.8, 4) is 17.5 Å². The first-order chi connectivity index (χ1) is 9.63. The lowest BCUT2D eigenvalue weighted by Crippen LogP contribution is -2.15. The summed E-state index contributed by atoms with van der Waals surface area (Å²) in [7, 11) is 7.02. The Kier molecular flexibility index (Phi) is 4.19. The lowest BCUT2D eigenvalue weighted by molar-refractivity contribution is 0.368. The number of hydrogen-bond donors (Lipinski definition) is 1. The Balaban J connectivity index is 2.35.